The van der Waals surface area contributed by atoms with Gasteiger partial charge in [0.2, 0.25) is 21.8 Å². The van der Waals surface area contributed by atoms with E-state index in [1.54, 1.807) is 30.3 Å². The first-order chi connectivity index (χ1) is 19.6. The lowest BCUT2D eigenvalue weighted by Gasteiger charge is -2.34. The van der Waals surface area contributed by atoms with Crippen LogP contribution in [0.25, 0.3) is 0 Å². The summed E-state index contributed by atoms with van der Waals surface area (Å²) < 4.78 is 27.7. The third kappa shape index (κ3) is 8.41. The SMILES string of the molecule is Cc1ccc(S(=O)(=O)N(C)CC(=O)N(Cc2cccc(Cl)c2)[C@@H](Cc2ccccc2)C(=O)NC2CCCCC2)cc1. The molecule has 4 rings (SSSR count). The molecule has 1 aliphatic carbocycles. The number of benzene rings is 3. The Hall–Kier alpha value is -3.20. The van der Waals surface area contributed by atoms with E-state index in [0.29, 0.717) is 11.4 Å². The van der Waals surface area contributed by atoms with Gasteiger partial charge in [0, 0.05) is 31.1 Å². The van der Waals surface area contributed by atoms with Gasteiger partial charge in [-0.05, 0) is 55.2 Å². The van der Waals surface area contributed by atoms with Crippen molar-refractivity contribution in [2.75, 3.05) is 13.6 Å². The highest BCUT2D eigenvalue weighted by molar-refractivity contribution is 7.89. The van der Waals surface area contributed by atoms with Crippen molar-refractivity contribution in [1.82, 2.24) is 14.5 Å². The molecule has 0 aromatic heterocycles. The number of sulfonamides is 1. The molecule has 0 radical (unpaired) electrons. The number of rotatable bonds is 11. The third-order valence-corrected chi connectivity index (χ3v) is 9.60. The number of aryl methyl sites for hydroxylation is 1. The standard InChI is InChI=1S/C32H38ClN3O4S/c1-24-16-18-29(19-17-24)41(39,40)35(2)23-31(37)36(22-26-12-9-13-27(33)20-26)30(21-25-10-5-3-6-11-25)32(38)34-28-14-7-4-8-15-28/h3,5-6,9-13,16-20,28,30H,4,7-8,14-15,21-23H2,1-2H3,(H,34,38)/t30-/m0/s1. The predicted octanol–water partition coefficient (Wildman–Crippen LogP) is 5.36. The molecule has 0 bridgehead atoms. The second-order valence-corrected chi connectivity index (χ2v) is 13.3. The van der Waals surface area contributed by atoms with Crippen LogP contribution in [0.2, 0.25) is 5.02 Å². The van der Waals surface area contributed by atoms with Gasteiger partial charge in [0.25, 0.3) is 0 Å². The Labute approximate surface area is 248 Å². The number of amides is 2. The number of likely N-dealkylation sites (N-methyl/N-ethyl adjacent to an activating group) is 1. The highest BCUT2D eigenvalue weighted by atomic mass is 35.5. The van der Waals surface area contributed by atoms with E-state index in [4.69, 9.17) is 11.6 Å². The molecule has 2 amide bonds. The maximum Gasteiger partial charge on any atom is 0.243 e. The average Bonchev–Trinajstić information content (AvgIpc) is 2.96. The van der Waals surface area contributed by atoms with Crippen LogP contribution in [-0.2, 0) is 32.6 Å². The average molecular weight is 596 g/mol. The van der Waals surface area contributed by atoms with E-state index in [9.17, 15) is 18.0 Å². The number of halogens is 1. The van der Waals surface area contributed by atoms with E-state index in [1.165, 1.54) is 24.1 Å². The molecule has 0 aliphatic heterocycles. The Morgan fingerprint density at radius 1 is 0.927 bits per heavy atom. The number of hydrogen-bond donors (Lipinski definition) is 1. The lowest BCUT2D eigenvalue weighted by atomic mass is 9.94. The quantitative estimate of drug-likeness (QED) is 0.323. The minimum Gasteiger partial charge on any atom is -0.352 e. The first kappa shape index (κ1) is 30.8. The molecule has 0 unspecified atom stereocenters. The minimum absolute atomic E-state index is 0.0576. The van der Waals surface area contributed by atoms with E-state index in [0.717, 1.165) is 53.1 Å². The van der Waals surface area contributed by atoms with Crippen molar-refractivity contribution in [3.05, 3.63) is 101 Å². The van der Waals surface area contributed by atoms with E-state index < -0.39 is 28.5 Å². The van der Waals surface area contributed by atoms with Crippen LogP contribution in [0.1, 0.15) is 48.8 Å². The monoisotopic (exact) mass is 595 g/mol. The smallest absolute Gasteiger partial charge is 0.243 e. The van der Waals surface area contributed by atoms with Crippen LogP contribution in [0.4, 0.5) is 0 Å². The molecule has 41 heavy (non-hydrogen) atoms. The molecular weight excluding hydrogens is 558 g/mol. The lowest BCUT2D eigenvalue weighted by Crippen LogP contribution is -2.54. The third-order valence-electron chi connectivity index (χ3n) is 7.55. The molecule has 1 fully saturated rings. The van der Waals surface area contributed by atoms with Gasteiger partial charge < -0.3 is 10.2 Å². The van der Waals surface area contributed by atoms with Gasteiger partial charge in [-0.1, -0.05) is 91.0 Å². The number of nitrogens with zero attached hydrogens (tertiary/aromatic N) is 2. The van der Waals surface area contributed by atoms with Crippen LogP contribution in [0.15, 0.2) is 83.8 Å². The fraction of sp³-hybridized carbons (Fsp3) is 0.375. The van der Waals surface area contributed by atoms with Crippen LogP contribution in [0, 0.1) is 6.92 Å². The van der Waals surface area contributed by atoms with E-state index in [1.807, 2.05) is 43.3 Å². The molecule has 218 valence electrons. The van der Waals surface area contributed by atoms with Gasteiger partial charge in [-0.15, -0.1) is 0 Å². The summed E-state index contributed by atoms with van der Waals surface area (Å²) in [5.41, 5.74) is 2.59. The first-order valence-electron chi connectivity index (χ1n) is 14.0. The highest BCUT2D eigenvalue weighted by Crippen LogP contribution is 2.22. The number of carbonyl (C=O) groups is 2. The molecule has 1 aliphatic rings. The fourth-order valence-electron chi connectivity index (χ4n) is 5.19. The molecule has 1 atom stereocenters. The van der Waals surface area contributed by atoms with Crippen molar-refractivity contribution < 1.29 is 18.0 Å². The zero-order chi connectivity index (χ0) is 29.4. The first-order valence-corrected chi connectivity index (χ1v) is 15.9. The summed E-state index contributed by atoms with van der Waals surface area (Å²) in [6.45, 7) is 1.56. The zero-order valence-electron chi connectivity index (χ0n) is 23.6. The van der Waals surface area contributed by atoms with Gasteiger partial charge >= 0.3 is 0 Å². The molecule has 0 spiro atoms. The van der Waals surface area contributed by atoms with Crippen molar-refractivity contribution in [2.24, 2.45) is 0 Å². The Morgan fingerprint density at radius 2 is 1.59 bits per heavy atom. The van der Waals surface area contributed by atoms with Crippen LogP contribution < -0.4 is 5.32 Å². The minimum atomic E-state index is -3.93. The van der Waals surface area contributed by atoms with Gasteiger partial charge in [0.15, 0.2) is 0 Å². The zero-order valence-corrected chi connectivity index (χ0v) is 25.2. The molecular formula is C32H38ClN3O4S. The van der Waals surface area contributed by atoms with Crippen molar-refractivity contribution in [1.29, 1.82) is 0 Å². The number of nitrogens with one attached hydrogen (secondary N) is 1. The maximum atomic E-state index is 14.0. The van der Waals surface area contributed by atoms with Crippen LogP contribution in [0.5, 0.6) is 0 Å². The summed E-state index contributed by atoms with van der Waals surface area (Å²) in [5, 5.41) is 3.71. The van der Waals surface area contributed by atoms with E-state index in [2.05, 4.69) is 5.32 Å². The maximum absolute atomic E-state index is 14.0. The Balaban J connectivity index is 1.66. The second-order valence-electron chi connectivity index (χ2n) is 10.8. The van der Waals surface area contributed by atoms with Gasteiger partial charge in [-0.25, -0.2) is 8.42 Å². The van der Waals surface area contributed by atoms with E-state index >= 15 is 0 Å². The summed E-state index contributed by atoms with van der Waals surface area (Å²) in [7, 11) is -2.54. The van der Waals surface area contributed by atoms with Gasteiger partial charge in [0.05, 0.1) is 11.4 Å². The van der Waals surface area contributed by atoms with Gasteiger partial charge in [-0.2, -0.15) is 4.31 Å². The van der Waals surface area contributed by atoms with Crippen molar-refractivity contribution in [3.8, 4) is 0 Å². The summed E-state index contributed by atoms with van der Waals surface area (Å²) in [4.78, 5) is 29.5. The van der Waals surface area contributed by atoms with Crippen molar-refractivity contribution >= 4 is 33.4 Å². The fourth-order valence-corrected chi connectivity index (χ4v) is 6.52. The topological polar surface area (TPSA) is 86.8 Å². The van der Waals surface area contributed by atoms with Crippen LogP contribution in [-0.4, -0.2) is 55.1 Å². The van der Waals surface area contributed by atoms with Crippen LogP contribution in [0.3, 0.4) is 0 Å². The lowest BCUT2D eigenvalue weighted by molar-refractivity contribution is -0.141. The Morgan fingerprint density at radius 3 is 2.24 bits per heavy atom. The molecule has 1 saturated carbocycles. The summed E-state index contributed by atoms with van der Waals surface area (Å²) in [6, 6.07) is 22.4. The summed E-state index contributed by atoms with van der Waals surface area (Å²) in [5.74, 6) is -0.705. The summed E-state index contributed by atoms with van der Waals surface area (Å²) >= 11 is 6.26. The Kier molecular flexibility index (Phi) is 10.6. The molecule has 0 saturated heterocycles. The molecule has 3 aromatic carbocycles. The molecule has 9 heteroatoms. The Bertz CT molecular complexity index is 1420. The van der Waals surface area contributed by atoms with Crippen LogP contribution >= 0.6 is 11.6 Å². The number of carbonyl (C=O) groups excluding carboxylic acids is 2. The van der Waals surface area contributed by atoms with Crippen molar-refractivity contribution in [3.63, 3.8) is 0 Å². The largest absolute Gasteiger partial charge is 0.352 e. The normalized spacial score (nSPS) is 14.9. The second kappa shape index (κ2) is 14.1. The molecule has 0 heterocycles. The summed E-state index contributed by atoms with van der Waals surface area (Å²) in [6.07, 6.45) is 5.37. The van der Waals surface area contributed by atoms with Gasteiger partial charge in [0.1, 0.15) is 6.04 Å². The molecule has 7 nitrogen and oxygen atoms in total. The molecule has 3 aromatic rings. The molecule has 1 N–H and O–H groups in total. The van der Waals surface area contributed by atoms with Crippen molar-refractivity contribution in [2.45, 2.75) is 69.0 Å². The van der Waals surface area contributed by atoms with Gasteiger partial charge in [-0.3, -0.25) is 9.59 Å². The number of hydrogen-bond acceptors (Lipinski definition) is 4. The predicted molar refractivity (Wildman–Crippen MR) is 162 cm³/mol. The highest BCUT2D eigenvalue weighted by Gasteiger charge is 2.34. The van der Waals surface area contributed by atoms with E-state index in [-0.39, 0.29) is 23.4 Å².